The molecule has 7 heteroatoms. The van der Waals surface area contributed by atoms with Gasteiger partial charge in [0.1, 0.15) is 11.9 Å². The Hall–Kier alpha value is -1.60. The predicted octanol–water partition coefficient (Wildman–Crippen LogP) is 2.68. The number of halogens is 1. The molecule has 1 aliphatic heterocycles. The average Bonchev–Trinajstić information content (AvgIpc) is 2.92. The minimum absolute atomic E-state index is 0.330. The number of thiophene rings is 1. The van der Waals surface area contributed by atoms with Crippen LogP contribution in [0.4, 0.5) is 4.39 Å². The Morgan fingerprint density at radius 3 is 2.90 bits per heavy atom. The number of carboxylic acid groups (broad SMARTS) is 1. The van der Waals surface area contributed by atoms with Crippen LogP contribution in [0.1, 0.15) is 9.67 Å². The first kappa shape index (κ1) is 14.3. The fourth-order valence-electron chi connectivity index (χ4n) is 2.32. The Balaban J connectivity index is 1.95. The van der Waals surface area contributed by atoms with Gasteiger partial charge in [0.25, 0.3) is 5.91 Å². The van der Waals surface area contributed by atoms with Crippen LogP contribution < -0.4 is 0 Å². The lowest BCUT2D eigenvalue weighted by atomic mass is 10.2. The van der Waals surface area contributed by atoms with Gasteiger partial charge in [-0.2, -0.15) is 11.8 Å². The van der Waals surface area contributed by atoms with Crippen molar-refractivity contribution >= 4 is 45.1 Å². The average molecular weight is 325 g/mol. The molecule has 21 heavy (non-hydrogen) atoms. The molecule has 2 heterocycles. The number of carbonyl (C=O) groups is 2. The van der Waals surface area contributed by atoms with Gasteiger partial charge < -0.3 is 10.0 Å². The highest BCUT2D eigenvalue weighted by atomic mass is 32.2. The number of hydrogen-bond acceptors (Lipinski definition) is 4. The number of rotatable bonds is 2. The number of hydrogen-bond donors (Lipinski definition) is 1. The number of fused-ring (bicyclic) bond motifs is 1. The van der Waals surface area contributed by atoms with Crippen LogP contribution in [0.3, 0.4) is 0 Å². The minimum Gasteiger partial charge on any atom is -0.480 e. The molecule has 1 atom stereocenters. The molecular weight excluding hydrogens is 313 g/mol. The van der Waals surface area contributed by atoms with Crippen LogP contribution in [0.25, 0.3) is 10.1 Å². The maximum Gasteiger partial charge on any atom is 0.327 e. The summed E-state index contributed by atoms with van der Waals surface area (Å²) in [6.45, 7) is 0.400. The molecule has 0 radical (unpaired) electrons. The molecule has 0 bridgehead atoms. The van der Waals surface area contributed by atoms with Gasteiger partial charge >= 0.3 is 5.97 Å². The fraction of sp³-hybridized carbons (Fsp3) is 0.286. The predicted molar refractivity (Wildman–Crippen MR) is 81.6 cm³/mol. The normalized spacial score (nSPS) is 18.9. The van der Waals surface area contributed by atoms with Crippen molar-refractivity contribution in [2.45, 2.75) is 6.04 Å². The topological polar surface area (TPSA) is 57.6 Å². The Kier molecular flexibility index (Phi) is 3.86. The smallest absolute Gasteiger partial charge is 0.327 e. The monoisotopic (exact) mass is 325 g/mol. The van der Waals surface area contributed by atoms with E-state index < -0.39 is 12.0 Å². The number of benzene rings is 1. The van der Waals surface area contributed by atoms with E-state index in [1.807, 2.05) is 0 Å². The van der Waals surface area contributed by atoms with Crippen molar-refractivity contribution in [1.82, 2.24) is 4.90 Å². The van der Waals surface area contributed by atoms with Gasteiger partial charge in [-0.1, -0.05) is 6.07 Å². The van der Waals surface area contributed by atoms with Gasteiger partial charge in [0, 0.05) is 28.1 Å². The highest BCUT2D eigenvalue weighted by Gasteiger charge is 2.33. The molecule has 1 fully saturated rings. The van der Waals surface area contributed by atoms with Crippen molar-refractivity contribution in [2.24, 2.45) is 0 Å². The number of aliphatic carboxylic acids is 1. The molecule has 1 N–H and O–H groups in total. The van der Waals surface area contributed by atoms with Crippen LogP contribution in [0.15, 0.2) is 24.3 Å². The summed E-state index contributed by atoms with van der Waals surface area (Å²) >= 11 is 2.72. The first-order valence-corrected chi connectivity index (χ1v) is 8.34. The molecule has 4 nitrogen and oxygen atoms in total. The van der Waals surface area contributed by atoms with E-state index >= 15 is 0 Å². The van der Waals surface area contributed by atoms with Crippen molar-refractivity contribution < 1.29 is 19.1 Å². The summed E-state index contributed by atoms with van der Waals surface area (Å²) < 4.78 is 14.4. The molecule has 0 spiro atoms. The van der Waals surface area contributed by atoms with Crippen LogP contribution >= 0.6 is 23.1 Å². The van der Waals surface area contributed by atoms with Gasteiger partial charge in [-0.15, -0.1) is 11.3 Å². The number of nitrogens with zero attached hydrogens (tertiary/aromatic N) is 1. The third kappa shape index (κ3) is 2.63. The summed E-state index contributed by atoms with van der Waals surface area (Å²) in [5, 5.41) is 9.63. The molecule has 3 rings (SSSR count). The van der Waals surface area contributed by atoms with Crippen LogP contribution in [0.5, 0.6) is 0 Å². The maximum atomic E-state index is 13.7. The van der Waals surface area contributed by atoms with E-state index in [2.05, 4.69) is 0 Å². The Morgan fingerprint density at radius 2 is 2.19 bits per heavy atom. The van der Waals surface area contributed by atoms with Gasteiger partial charge in [0.15, 0.2) is 0 Å². The molecule has 110 valence electrons. The van der Waals surface area contributed by atoms with Crippen molar-refractivity contribution in [2.75, 3.05) is 18.1 Å². The third-order valence-corrected chi connectivity index (χ3v) is 5.50. The van der Waals surface area contributed by atoms with Crippen LogP contribution in [0, 0.1) is 5.82 Å². The fourth-order valence-corrected chi connectivity index (χ4v) is 4.39. The summed E-state index contributed by atoms with van der Waals surface area (Å²) in [5.74, 6) is -0.590. The van der Waals surface area contributed by atoms with Gasteiger partial charge in [-0.3, -0.25) is 4.79 Å². The molecule has 1 amide bonds. The van der Waals surface area contributed by atoms with Gasteiger partial charge in [0.2, 0.25) is 0 Å². The summed E-state index contributed by atoms with van der Waals surface area (Å²) in [4.78, 5) is 25.6. The van der Waals surface area contributed by atoms with E-state index in [9.17, 15) is 19.1 Å². The molecule has 0 aliphatic carbocycles. The molecule has 0 saturated carbocycles. The Morgan fingerprint density at radius 1 is 1.38 bits per heavy atom. The summed E-state index contributed by atoms with van der Waals surface area (Å²) in [6, 6.07) is 5.39. The zero-order chi connectivity index (χ0) is 15.0. The molecule has 2 aromatic rings. The molecule has 1 aromatic carbocycles. The van der Waals surface area contributed by atoms with Crippen LogP contribution in [0.2, 0.25) is 0 Å². The van der Waals surface area contributed by atoms with E-state index in [0.717, 1.165) is 5.75 Å². The zero-order valence-corrected chi connectivity index (χ0v) is 12.5. The molecular formula is C14H12FNO3S2. The van der Waals surface area contributed by atoms with Crippen LogP contribution in [-0.4, -0.2) is 46.0 Å². The summed E-state index contributed by atoms with van der Waals surface area (Å²) in [5.41, 5.74) is 0. The quantitative estimate of drug-likeness (QED) is 0.922. The minimum atomic E-state index is -0.997. The first-order chi connectivity index (χ1) is 10.1. The second-order valence-electron chi connectivity index (χ2n) is 4.69. The van der Waals surface area contributed by atoms with E-state index in [1.165, 1.54) is 40.1 Å². The van der Waals surface area contributed by atoms with Gasteiger partial charge in [-0.05, 0) is 18.2 Å². The first-order valence-electron chi connectivity index (χ1n) is 6.37. The second-order valence-corrected chi connectivity index (χ2v) is 6.92. The second kappa shape index (κ2) is 5.65. The number of carboxylic acids is 1. The lowest BCUT2D eigenvalue weighted by molar-refractivity contribution is -0.141. The number of carbonyl (C=O) groups excluding carboxylic acids is 1. The summed E-state index contributed by atoms with van der Waals surface area (Å²) in [7, 11) is 0. The highest BCUT2D eigenvalue weighted by Crippen LogP contribution is 2.30. The highest BCUT2D eigenvalue weighted by molar-refractivity contribution is 7.99. The standard InChI is InChI=1S/C14H12FNO3S2/c15-9-2-1-3-11-8(9)6-12(21-11)13(17)16-4-5-20-7-10(16)14(18)19/h1-3,6,10H,4-5,7H2,(H,18,19). The molecule has 1 aliphatic rings. The molecule has 1 aromatic heterocycles. The Labute approximate surface area is 128 Å². The van der Waals surface area contributed by atoms with Gasteiger partial charge in [0.05, 0.1) is 4.88 Å². The third-order valence-electron chi connectivity index (χ3n) is 3.39. The summed E-state index contributed by atoms with van der Waals surface area (Å²) in [6.07, 6.45) is 0. The van der Waals surface area contributed by atoms with E-state index in [4.69, 9.17) is 0 Å². The van der Waals surface area contributed by atoms with E-state index in [1.54, 1.807) is 12.1 Å². The lowest BCUT2D eigenvalue weighted by Gasteiger charge is -2.32. The zero-order valence-electron chi connectivity index (χ0n) is 10.9. The largest absolute Gasteiger partial charge is 0.480 e. The maximum absolute atomic E-state index is 13.7. The number of amides is 1. The van der Waals surface area contributed by atoms with Crippen molar-refractivity contribution in [3.63, 3.8) is 0 Å². The van der Waals surface area contributed by atoms with Gasteiger partial charge in [-0.25, -0.2) is 9.18 Å². The van der Waals surface area contributed by atoms with E-state index in [-0.39, 0.29) is 11.7 Å². The van der Waals surface area contributed by atoms with Crippen molar-refractivity contribution in [1.29, 1.82) is 0 Å². The van der Waals surface area contributed by atoms with E-state index in [0.29, 0.717) is 27.3 Å². The Bertz CT molecular complexity index is 715. The van der Waals surface area contributed by atoms with Crippen LogP contribution in [-0.2, 0) is 4.79 Å². The number of thioether (sulfide) groups is 1. The molecule has 1 saturated heterocycles. The SMILES string of the molecule is O=C(O)C1CSCCN1C(=O)c1cc2c(F)cccc2s1. The molecule has 1 unspecified atom stereocenters. The lowest BCUT2D eigenvalue weighted by Crippen LogP contribution is -2.50. The van der Waals surface area contributed by atoms with Crippen molar-refractivity contribution in [3.05, 3.63) is 35.0 Å². The van der Waals surface area contributed by atoms with Crippen molar-refractivity contribution in [3.8, 4) is 0 Å².